The summed E-state index contributed by atoms with van der Waals surface area (Å²) in [5, 5.41) is 9.55. The van der Waals surface area contributed by atoms with Crippen LogP contribution < -0.4 is 4.90 Å². The SMILES string of the molecule is C=CCN(C#N)c1c(Cl)ccc2nsnc12. The standard InChI is InChI=1S/C10H7ClN4S/c1-2-5-15(6-12)10-7(11)3-4-8-9(10)14-16-13-8/h2-4H,1,5H2. The summed E-state index contributed by atoms with van der Waals surface area (Å²) in [4.78, 5) is 1.44. The van der Waals surface area contributed by atoms with Gasteiger partial charge in [0.1, 0.15) is 11.0 Å². The van der Waals surface area contributed by atoms with Gasteiger partial charge in [-0.05, 0) is 12.1 Å². The van der Waals surface area contributed by atoms with Crippen molar-refractivity contribution in [1.82, 2.24) is 8.75 Å². The lowest BCUT2D eigenvalue weighted by atomic mass is 10.2. The molecule has 2 rings (SSSR count). The molecule has 0 radical (unpaired) electrons. The van der Waals surface area contributed by atoms with Crippen LogP contribution in [0, 0.1) is 11.5 Å². The summed E-state index contributed by atoms with van der Waals surface area (Å²) in [5.74, 6) is 0. The molecule has 0 spiro atoms. The molecular weight excluding hydrogens is 244 g/mol. The van der Waals surface area contributed by atoms with Gasteiger partial charge in [-0.2, -0.15) is 14.0 Å². The lowest BCUT2D eigenvalue weighted by Crippen LogP contribution is -2.16. The van der Waals surface area contributed by atoms with Crippen LogP contribution in [0.2, 0.25) is 5.02 Å². The zero-order valence-electron chi connectivity index (χ0n) is 8.22. The Morgan fingerprint density at radius 1 is 1.56 bits per heavy atom. The third-order valence-corrected chi connectivity index (χ3v) is 2.90. The molecule has 0 unspecified atom stereocenters. The van der Waals surface area contributed by atoms with Crippen molar-refractivity contribution in [2.45, 2.75) is 0 Å². The molecule has 0 aliphatic carbocycles. The normalized spacial score (nSPS) is 10.0. The maximum absolute atomic E-state index is 9.06. The number of hydrogen-bond donors (Lipinski definition) is 0. The van der Waals surface area contributed by atoms with E-state index < -0.39 is 0 Å². The van der Waals surface area contributed by atoms with E-state index in [1.165, 1.54) is 4.90 Å². The second kappa shape index (κ2) is 4.47. The largest absolute Gasteiger partial charge is 0.272 e. The van der Waals surface area contributed by atoms with Gasteiger partial charge in [0, 0.05) is 0 Å². The smallest absolute Gasteiger partial charge is 0.184 e. The van der Waals surface area contributed by atoms with E-state index >= 15 is 0 Å². The number of hydrogen-bond acceptors (Lipinski definition) is 5. The van der Waals surface area contributed by atoms with Gasteiger partial charge >= 0.3 is 0 Å². The zero-order valence-corrected chi connectivity index (χ0v) is 9.79. The van der Waals surface area contributed by atoms with Gasteiger partial charge in [-0.1, -0.05) is 17.7 Å². The fourth-order valence-electron chi connectivity index (χ4n) is 1.38. The zero-order chi connectivity index (χ0) is 11.5. The Kier molecular flexibility index (Phi) is 3.04. The molecule has 2 aromatic rings. The highest BCUT2D eigenvalue weighted by Gasteiger charge is 2.15. The summed E-state index contributed by atoms with van der Waals surface area (Å²) >= 11 is 7.18. The van der Waals surface area contributed by atoms with Crippen molar-refractivity contribution in [3.8, 4) is 6.19 Å². The summed E-state index contributed by atoms with van der Waals surface area (Å²) < 4.78 is 8.26. The molecule has 0 amide bonds. The fraction of sp³-hybridized carbons (Fsp3) is 0.100. The van der Waals surface area contributed by atoms with E-state index in [2.05, 4.69) is 21.5 Å². The molecule has 80 valence electrons. The first-order valence-electron chi connectivity index (χ1n) is 4.47. The minimum atomic E-state index is 0.396. The number of nitrogens with zero attached hydrogens (tertiary/aromatic N) is 4. The summed E-state index contributed by atoms with van der Waals surface area (Å²) in [6, 6.07) is 3.50. The number of rotatable bonds is 3. The van der Waals surface area contributed by atoms with Gasteiger partial charge in [0.2, 0.25) is 0 Å². The summed E-state index contributed by atoms with van der Waals surface area (Å²) in [5.41, 5.74) is 1.99. The average Bonchev–Trinajstić information content (AvgIpc) is 2.75. The second-order valence-corrected chi connectivity index (χ2v) is 3.96. The number of aromatic nitrogens is 2. The number of nitriles is 1. The van der Waals surface area contributed by atoms with Gasteiger partial charge in [0.15, 0.2) is 6.19 Å². The Bertz CT molecular complexity index is 572. The summed E-state index contributed by atoms with van der Waals surface area (Å²) in [6.45, 7) is 4.00. The van der Waals surface area contributed by atoms with Crippen molar-refractivity contribution in [2.24, 2.45) is 0 Å². The van der Waals surface area contributed by atoms with Gasteiger partial charge in [0.05, 0.1) is 29.0 Å². The van der Waals surface area contributed by atoms with Crippen LogP contribution in [0.3, 0.4) is 0 Å². The van der Waals surface area contributed by atoms with E-state index in [1.54, 1.807) is 18.2 Å². The summed E-state index contributed by atoms with van der Waals surface area (Å²) in [7, 11) is 0. The highest BCUT2D eigenvalue weighted by atomic mass is 35.5. The highest BCUT2D eigenvalue weighted by molar-refractivity contribution is 7.00. The molecule has 1 aromatic carbocycles. The van der Waals surface area contributed by atoms with Crippen molar-refractivity contribution < 1.29 is 0 Å². The predicted molar refractivity (Wildman–Crippen MR) is 65.6 cm³/mol. The monoisotopic (exact) mass is 250 g/mol. The second-order valence-electron chi connectivity index (χ2n) is 3.03. The van der Waals surface area contributed by atoms with E-state index in [0.717, 1.165) is 17.2 Å². The third kappa shape index (κ3) is 1.73. The fourth-order valence-corrected chi connectivity index (χ4v) is 2.17. The van der Waals surface area contributed by atoms with E-state index in [0.29, 0.717) is 22.8 Å². The first-order chi connectivity index (χ1) is 7.77. The quantitative estimate of drug-likeness (QED) is 0.478. The number of benzene rings is 1. The molecular formula is C10H7ClN4S. The minimum absolute atomic E-state index is 0.396. The maximum Gasteiger partial charge on any atom is 0.184 e. The van der Waals surface area contributed by atoms with Crippen LogP contribution in [-0.2, 0) is 0 Å². The molecule has 1 heterocycles. The summed E-state index contributed by atoms with van der Waals surface area (Å²) in [6.07, 6.45) is 3.69. The van der Waals surface area contributed by atoms with E-state index in [4.69, 9.17) is 16.9 Å². The van der Waals surface area contributed by atoms with Crippen LogP contribution >= 0.6 is 23.3 Å². The molecule has 0 N–H and O–H groups in total. The molecule has 0 fully saturated rings. The van der Waals surface area contributed by atoms with Crippen molar-refractivity contribution >= 4 is 40.0 Å². The lowest BCUT2D eigenvalue weighted by Gasteiger charge is -2.14. The molecule has 0 aliphatic rings. The molecule has 0 saturated heterocycles. The van der Waals surface area contributed by atoms with Gasteiger partial charge in [-0.25, -0.2) is 0 Å². The minimum Gasteiger partial charge on any atom is -0.272 e. The van der Waals surface area contributed by atoms with Crippen molar-refractivity contribution in [2.75, 3.05) is 11.4 Å². The van der Waals surface area contributed by atoms with Gasteiger partial charge in [-0.3, -0.25) is 4.90 Å². The number of anilines is 1. The van der Waals surface area contributed by atoms with E-state index in [9.17, 15) is 0 Å². The molecule has 4 nitrogen and oxygen atoms in total. The van der Waals surface area contributed by atoms with Crippen LogP contribution in [0.25, 0.3) is 11.0 Å². The van der Waals surface area contributed by atoms with Crippen LogP contribution in [0.5, 0.6) is 0 Å². The number of halogens is 1. The first-order valence-corrected chi connectivity index (χ1v) is 5.57. The topological polar surface area (TPSA) is 52.8 Å². The van der Waals surface area contributed by atoms with E-state index in [-0.39, 0.29) is 0 Å². The maximum atomic E-state index is 9.06. The van der Waals surface area contributed by atoms with Crippen LogP contribution in [0.1, 0.15) is 0 Å². The number of fused-ring (bicyclic) bond motifs is 1. The molecule has 0 saturated carbocycles. The Hall–Kier alpha value is -1.64. The predicted octanol–water partition coefficient (Wildman–Crippen LogP) is 2.82. The van der Waals surface area contributed by atoms with Gasteiger partial charge in [-0.15, -0.1) is 6.58 Å². The van der Waals surface area contributed by atoms with Crippen molar-refractivity contribution in [3.63, 3.8) is 0 Å². The first kappa shape index (κ1) is 10.9. The average molecular weight is 251 g/mol. The van der Waals surface area contributed by atoms with Crippen molar-refractivity contribution in [3.05, 3.63) is 29.8 Å². The molecule has 0 atom stereocenters. The molecule has 6 heteroatoms. The molecule has 0 aliphatic heterocycles. The van der Waals surface area contributed by atoms with Crippen LogP contribution in [-0.4, -0.2) is 15.3 Å². The Balaban J connectivity index is 2.65. The lowest BCUT2D eigenvalue weighted by molar-refractivity contribution is 1.11. The Morgan fingerprint density at radius 2 is 2.38 bits per heavy atom. The highest BCUT2D eigenvalue weighted by Crippen LogP contribution is 2.32. The van der Waals surface area contributed by atoms with Crippen molar-refractivity contribution in [1.29, 1.82) is 5.26 Å². The molecule has 1 aromatic heterocycles. The Morgan fingerprint density at radius 3 is 3.06 bits per heavy atom. The molecule has 16 heavy (non-hydrogen) atoms. The van der Waals surface area contributed by atoms with E-state index in [1.807, 2.05) is 0 Å². The van der Waals surface area contributed by atoms with Crippen LogP contribution in [0.15, 0.2) is 24.8 Å². The Labute approximate surface area is 102 Å². The molecule has 0 bridgehead atoms. The third-order valence-electron chi connectivity index (χ3n) is 2.05. The van der Waals surface area contributed by atoms with Gasteiger partial charge < -0.3 is 0 Å². The van der Waals surface area contributed by atoms with Crippen LogP contribution in [0.4, 0.5) is 5.69 Å². The van der Waals surface area contributed by atoms with Gasteiger partial charge in [0.25, 0.3) is 0 Å².